The number of halogens is 3. The highest BCUT2D eigenvalue weighted by molar-refractivity contribution is 9.10. The third-order valence-electron chi connectivity index (χ3n) is 5.35. The maximum Gasteiger partial charge on any atom is 0.253 e. The summed E-state index contributed by atoms with van der Waals surface area (Å²) >= 11 is 10.8. The molecule has 0 aliphatic carbocycles. The molecule has 37 heavy (non-hydrogen) atoms. The van der Waals surface area contributed by atoms with Gasteiger partial charge in [0.15, 0.2) is 11.0 Å². The molecule has 0 bridgehead atoms. The SMILES string of the molecule is Cc1ccc(C)c(-n2c(CNC(=O)c3cc(Br)ccc3Cl)nnc2SCC(=O)Nc2ccc(F)cc2)c1. The van der Waals surface area contributed by atoms with Crippen LogP contribution in [0.25, 0.3) is 5.69 Å². The molecule has 2 N–H and O–H groups in total. The van der Waals surface area contributed by atoms with Crippen LogP contribution in [0, 0.1) is 19.7 Å². The molecule has 1 aromatic heterocycles. The summed E-state index contributed by atoms with van der Waals surface area (Å²) in [6.07, 6.45) is 0. The first-order valence-electron chi connectivity index (χ1n) is 11.1. The standard InChI is InChI=1S/C26H22BrClFN5O2S/c1-15-3-4-16(2)22(11-15)34-23(13-30-25(36)20-12-17(27)5-10-21(20)28)32-33-26(34)37-14-24(35)31-19-8-6-18(29)7-9-19/h3-12H,13-14H2,1-2H3,(H,30,36)(H,31,35). The Hall–Kier alpha value is -3.21. The lowest BCUT2D eigenvalue weighted by Crippen LogP contribution is -2.25. The van der Waals surface area contributed by atoms with Crippen LogP contribution in [-0.2, 0) is 11.3 Å². The number of carbonyl (C=O) groups is 2. The molecule has 7 nitrogen and oxygen atoms in total. The molecule has 3 aromatic carbocycles. The number of hydrogen-bond donors (Lipinski definition) is 2. The van der Waals surface area contributed by atoms with E-state index in [1.54, 1.807) is 18.2 Å². The van der Waals surface area contributed by atoms with E-state index < -0.39 is 0 Å². The summed E-state index contributed by atoms with van der Waals surface area (Å²) in [6, 6.07) is 16.6. The number of anilines is 1. The monoisotopic (exact) mass is 601 g/mol. The number of rotatable bonds is 8. The largest absolute Gasteiger partial charge is 0.345 e. The van der Waals surface area contributed by atoms with E-state index >= 15 is 0 Å². The fourth-order valence-electron chi connectivity index (χ4n) is 3.50. The summed E-state index contributed by atoms with van der Waals surface area (Å²) in [5.74, 6) is -0.452. The molecule has 0 spiro atoms. The maximum absolute atomic E-state index is 13.1. The number of hydrogen-bond acceptors (Lipinski definition) is 5. The molecule has 0 aliphatic rings. The van der Waals surface area contributed by atoms with Crippen molar-refractivity contribution < 1.29 is 14.0 Å². The van der Waals surface area contributed by atoms with Crippen molar-refractivity contribution in [2.45, 2.75) is 25.5 Å². The molecule has 0 fully saturated rings. The lowest BCUT2D eigenvalue weighted by molar-refractivity contribution is -0.113. The summed E-state index contributed by atoms with van der Waals surface area (Å²) in [6.45, 7) is 4.03. The van der Waals surface area contributed by atoms with E-state index in [0.717, 1.165) is 21.3 Å². The number of nitrogens with one attached hydrogen (secondary N) is 2. The van der Waals surface area contributed by atoms with Crippen molar-refractivity contribution in [3.63, 3.8) is 0 Å². The van der Waals surface area contributed by atoms with E-state index in [9.17, 15) is 14.0 Å². The second kappa shape index (κ2) is 11.9. The predicted molar refractivity (Wildman–Crippen MR) is 147 cm³/mol. The first kappa shape index (κ1) is 26.8. The Kier molecular flexibility index (Phi) is 8.63. The van der Waals surface area contributed by atoms with Gasteiger partial charge in [-0.25, -0.2) is 4.39 Å². The van der Waals surface area contributed by atoms with E-state index in [0.29, 0.717) is 27.3 Å². The van der Waals surface area contributed by atoms with Crippen molar-refractivity contribution >= 4 is 56.8 Å². The number of aromatic nitrogens is 3. The van der Waals surface area contributed by atoms with Gasteiger partial charge >= 0.3 is 0 Å². The van der Waals surface area contributed by atoms with Gasteiger partial charge in [-0.15, -0.1) is 10.2 Å². The lowest BCUT2D eigenvalue weighted by Gasteiger charge is -2.14. The molecular formula is C26H22BrClFN5O2S. The van der Waals surface area contributed by atoms with Crippen LogP contribution in [-0.4, -0.2) is 32.3 Å². The van der Waals surface area contributed by atoms with Crippen LogP contribution in [0.4, 0.5) is 10.1 Å². The Morgan fingerprint density at radius 3 is 2.57 bits per heavy atom. The molecule has 0 aliphatic heterocycles. The summed E-state index contributed by atoms with van der Waals surface area (Å²) in [5.41, 5.74) is 3.69. The van der Waals surface area contributed by atoms with Crippen LogP contribution in [0.15, 0.2) is 70.3 Å². The van der Waals surface area contributed by atoms with Gasteiger partial charge in [-0.1, -0.05) is 51.4 Å². The minimum atomic E-state index is -0.379. The second-order valence-corrected chi connectivity index (χ2v) is 10.4. The van der Waals surface area contributed by atoms with Gasteiger partial charge in [-0.2, -0.15) is 0 Å². The highest BCUT2D eigenvalue weighted by atomic mass is 79.9. The summed E-state index contributed by atoms with van der Waals surface area (Å²) in [7, 11) is 0. The fourth-order valence-corrected chi connectivity index (χ4v) is 4.83. The zero-order valence-electron chi connectivity index (χ0n) is 19.9. The van der Waals surface area contributed by atoms with Gasteiger partial charge < -0.3 is 10.6 Å². The van der Waals surface area contributed by atoms with Gasteiger partial charge in [-0.3, -0.25) is 14.2 Å². The first-order chi connectivity index (χ1) is 17.7. The normalized spacial score (nSPS) is 10.8. The Morgan fingerprint density at radius 2 is 1.81 bits per heavy atom. The average Bonchev–Trinajstić information content (AvgIpc) is 3.28. The molecule has 2 amide bonds. The van der Waals surface area contributed by atoms with Crippen LogP contribution in [0.5, 0.6) is 0 Å². The van der Waals surface area contributed by atoms with E-state index in [2.05, 4.69) is 36.8 Å². The molecule has 4 rings (SSSR count). The van der Waals surface area contributed by atoms with Crippen LogP contribution in [0.3, 0.4) is 0 Å². The molecule has 190 valence electrons. The molecule has 0 saturated heterocycles. The van der Waals surface area contributed by atoms with Crippen molar-refractivity contribution in [2.24, 2.45) is 0 Å². The van der Waals surface area contributed by atoms with Gasteiger partial charge in [0.2, 0.25) is 5.91 Å². The minimum absolute atomic E-state index is 0.0559. The molecule has 1 heterocycles. The van der Waals surface area contributed by atoms with Gasteiger partial charge in [0.1, 0.15) is 5.82 Å². The lowest BCUT2D eigenvalue weighted by atomic mass is 10.1. The van der Waals surface area contributed by atoms with Gasteiger partial charge in [-0.05, 0) is 73.5 Å². The average molecular weight is 603 g/mol. The third kappa shape index (κ3) is 6.76. The van der Waals surface area contributed by atoms with E-state index in [-0.39, 0.29) is 29.9 Å². The number of benzene rings is 3. The maximum atomic E-state index is 13.1. The zero-order chi connectivity index (χ0) is 26.5. The zero-order valence-corrected chi connectivity index (χ0v) is 23.0. The van der Waals surface area contributed by atoms with Crippen molar-refractivity contribution in [1.29, 1.82) is 0 Å². The van der Waals surface area contributed by atoms with Crippen LogP contribution < -0.4 is 10.6 Å². The first-order valence-corrected chi connectivity index (χ1v) is 13.3. The van der Waals surface area contributed by atoms with Crippen LogP contribution in [0.1, 0.15) is 27.3 Å². The molecule has 4 aromatic rings. The molecule has 0 saturated carbocycles. The predicted octanol–water partition coefficient (Wildman–Crippen LogP) is 6.10. The van der Waals surface area contributed by atoms with Crippen LogP contribution in [0.2, 0.25) is 5.02 Å². The van der Waals surface area contributed by atoms with Crippen molar-refractivity contribution in [3.05, 3.63) is 98.5 Å². The second-order valence-electron chi connectivity index (χ2n) is 8.17. The van der Waals surface area contributed by atoms with Crippen molar-refractivity contribution in [1.82, 2.24) is 20.1 Å². The molecule has 11 heteroatoms. The highest BCUT2D eigenvalue weighted by Gasteiger charge is 2.19. The number of amides is 2. The fraction of sp³-hybridized carbons (Fsp3) is 0.154. The van der Waals surface area contributed by atoms with E-state index in [1.165, 1.54) is 36.0 Å². The molecular weight excluding hydrogens is 581 g/mol. The summed E-state index contributed by atoms with van der Waals surface area (Å²) in [5, 5.41) is 15.0. The summed E-state index contributed by atoms with van der Waals surface area (Å²) < 4.78 is 15.7. The summed E-state index contributed by atoms with van der Waals surface area (Å²) in [4.78, 5) is 25.3. The number of nitrogens with zero attached hydrogens (tertiary/aromatic N) is 3. The van der Waals surface area contributed by atoms with Gasteiger partial charge in [0.25, 0.3) is 5.91 Å². The Balaban J connectivity index is 1.55. The van der Waals surface area contributed by atoms with Crippen LogP contribution >= 0.6 is 39.3 Å². The molecule has 0 atom stereocenters. The Morgan fingerprint density at radius 1 is 1.05 bits per heavy atom. The number of thioether (sulfide) groups is 1. The smallest absolute Gasteiger partial charge is 0.253 e. The van der Waals surface area contributed by atoms with Crippen molar-refractivity contribution in [3.8, 4) is 5.69 Å². The quantitative estimate of drug-likeness (QED) is 0.238. The van der Waals surface area contributed by atoms with Crippen molar-refractivity contribution in [2.75, 3.05) is 11.1 Å². The minimum Gasteiger partial charge on any atom is -0.345 e. The topological polar surface area (TPSA) is 88.9 Å². The van der Waals surface area contributed by atoms with Gasteiger partial charge in [0, 0.05) is 10.2 Å². The third-order valence-corrected chi connectivity index (χ3v) is 7.10. The molecule has 0 unspecified atom stereocenters. The Labute approximate surface area is 231 Å². The van der Waals surface area contributed by atoms with Gasteiger partial charge in [0.05, 0.1) is 28.6 Å². The highest BCUT2D eigenvalue weighted by Crippen LogP contribution is 2.26. The Bertz CT molecular complexity index is 1460. The molecule has 0 radical (unpaired) electrons. The number of aryl methyl sites for hydroxylation is 2. The number of carbonyl (C=O) groups excluding carboxylic acids is 2. The van der Waals surface area contributed by atoms with E-state index in [1.807, 2.05) is 36.6 Å². The van der Waals surface area contributed by atoms with E-state index in [4.69, 9.17) is 11.6 Å².